The predicted octanol–water partition coefficient (Wildman–Crippen LogP) is 4.41. The van der Waals surface area contributed by atoms with Crippen LogP contribution < -0.4 is 10.2 Å². The van der Waals surface area contributed by atoms with Crippen LogP contribution in [0.4, 0.5) is 5.69 Å². The van der Waals surface area contributed by atoms with Crippen molar-refractivity contribution in [2.24, 2.45) is 5.92 Å². The first-order chi connectivity index (χ1) is 15.8. The highest BCUT2D eigenvalue weighted by Gasteiger charge is 2.31. The van der Waals surface area contributed by atoms with E-state index in [4.69, 9.17) is 0 Å². The van der Waals surface area contributed by atoms with E-state index in [1.807, 2.05) is 0 Å². The average molecular weight is 430 g/mol. The van der Waals surface area contributed by atoms with E-state index < -0.39 is 0 Å². The van der Waals surface area contributed by atoms with Crippen molar-refractivity contribution >= 4 is 11.6 Å². The number of unbranched alkanes of at least 4 members (excludes halogenated alkanes) is 1. The van der Waals surface area contributed by atoms with Crippen LogP contribution in [0.15, 0.2) is 71.9 Å². The Bertz CT molecular complexity index is 957. The summed E-state index contributed by atoms with van der Waals surface area (Å²) in [5.41, 5.74) is 5.25. The minimum absolute atomic E-state index is 0.122. The molecule has 32 heavy (non-hydrogen) atoms. The van der Waals surface area contributed by atoms with Crippen LogP contribution >= 0.6 is 0 Å². The molecule has 2 aliphatic heterocycles. The second kappa shape index (κ2) is 9.91. The molecule has 0 radical (unpaired) electrons. The molecule has 4 heteroatoms. The molecule has 0 saturated carbocycles. The SMILES string of the molecule is O=C(NCCCCN1CCN2c3ccccc3CCC2C1)C1=CCC=C2C=CC=CC2C1. The number of para-hydroxylation sites is 1. The summed E-state index contributed by atoms with van der Waals surface area (Å²) in [6.07, 6.45) is 19.2. The van der Waals surface area contributed by atoms with Gasteiger partial charge in [0, 0.05) is 49.4 Å². The van der Waals surface area contributed by atoms with Crippen molar-refractivity contribution in [3.63, 3.8) is 0 Å². The smallest absolute Gasteiger partial charge is 0.246 e. The number of aryl methyl sites for hydroxylation is 1. The summed E-state index contributed by atoms with van der Waals surface area (Å²) < 4.78 is 0. The van der Waals surface area contributed by atoms with Crippen LogP contribution in [0.25, 0.3) is 0 Å². The maximum Gasteiger partial charge on any atom is 0.246 e. The second-order valence-electron chi connectivity index (χ2n) is 9.50. The maximum absolute atomic E-state index is 12.7. The number of fused-ring (bicyclic) bond motifs is 4. The van der Waals surface area contributed by atoms with Crippen molar-refractivity contribution in [3.8, 4) is 0 Å². The van der Waals surface area contributed by atoms with Gasteiger partial charge in [-0.2, -0.15) is 0 Å². The molecule has 1 saturated heterocycles. The molecule has 2 aliphatic carbocycles. The molecule has 1 aromatic carbocycles. The van der Waals surface area contributed by atoms with E-state index in [0.717, 1.165) is 57.4 Å². The largest absolute Gasteiger partial charge is 0.366 e. The highest BCUT2D eigenvalue weighted by molar-refractivity contribution is 5.93. The molecule has 1 fully saturated rings. The van der Waals surface area contributed by atoms with Crippen molar-refractivity contribution in [2.75, 3.05) is 37.6 Å². The first kappa shape index (κ1) is 21.3. The lowest BCUT2D eigenvalue weighted by atomic mass is 9.89. The van der Waals surface area contributed by atoms with Gasteiger partial charge in [-0.05, 0) is 62.3 Å². The van der Waals surface area contributed by atoms with Gasteiger partial charge in [0.05, 0.1) is 0 Å². The summed E-state index contributed by atoms with van der Waals surface area (Å²) in [5.74, 6) is 0.474. The number of nitrogens with zero attached hydrogens (tertiary/aromatic N) is 2. The topological polar surface area (TPSA) is 35.6 Å². The Morgan fingerprint density at radius 3 is 3.00 bits per heavy atom. The first-order valence-electron chi connectivity index (χ1n) is 12.4. The van der Waals surface area contributed by atoms with Crippen LogP contribution in [-0.4, -0.2) is 49.6 Å². The Hall–Kier alpha value is -2.59. The van der Waals surface area contributed by atoms with Crippen molar-refractivity contribution in [2.45, 2.75) is 44.6 Å². The summed E-state index contributed by atoms with van der Waals surface area (Å²) in [5, 5.41) is 3.17. The second-order valence-corrected chi connectivity index (χ2v) is 9.50. The number of rotatable bonds is 6. The van der Waals surface area contributed by atoms with Crippen LogP contribution in [0.2, 0.25) is 0 Å². The molecule has 5 rings (SSSR count). The number of nitrogens with one attached hydrogen (secondary N) is 1. The minimum atomic E-state index is 0.122. The van der Waals surface area contributed by atoms with E-state index in [1.165, 1.54) is 36.2 Å². The summed E-state index contributed by atoms with van der Waals surface area (Å²) in [4.78, 5) is 17.9. The third-order valence-corrected chi connectivity index (χ3v) is 7.42. The molecule has 0 aromatic heterocycles. The number of hydrogen-bond donors (Lipinski definition) is 1. The molecule has 2 atom stereocenters. The Kier molecular flexibility index (Phi) is 6.59. The van der Waals surface area contributed by atoms with E-state index in [0.29, 0.717) is 12.0 Å². The number of hydrogen-bond acceptors (Lipinski definition) is 3. The number of allylic oxidation sites excluding steroid dienone is 7. The standard InChI is InChI=1S/C28H35N3O/c32-28(25-12-7-11-22-8-1-2-10-24(22)20-25)29-16-5-6-17-30-18-19-31-26(21-30)15-14-23-9-3-4-13-27(23)31/h1-4,8-13,24,26H,5-7,14-21H2,(H,29,32). The Labute approximate surface area is 192 Å². The van der Waals surface area contributed by atoms with Crippen molar-refractivity contribution < 1.29 is 4.79 Å². The molecular weight excluding hydrogens is 394 g/mol. The molecule has 2 heterocycles. The first-order valence-corrected chi connectivity index (χ1v) is 12.4. The molecule has 0 bridgehead atoms. The number of piperazine rings is 1. The number of amides is 1. The summed E-state index contributed by atoms with van der Waals surface area (Å²) in [6, 6.07) is 9.57. The fraction of sp³-hybridized carbons (Fsp3) is 0.464. The van der Waals surface area contributed by atoms with Gasteiger partial charge in [0.1, 0.15) is 0 Å². The highest BCUT2D eigenvalue weighted by atomic mass is 16.1. The van der Waals surface area contributed by atoms with Gasteiger partial charge in [-0.3, -0.25) is 9.69 Å². The molecule has 1 aromatic rings. The quantitative estimate of drug-likeness (QED) is 0.681. The molecule has 0 spiro atoms. The lowest BCUT2D eigenvalue weighted by Gasteiger charge is -2.46. The van der Waals surface area contributed by atoms with E-state index in [9.17, 15) is 4.79 Å². The zero-order valence-corrected chi connectivity index (χ0v) is 19.0. The van der Waals surface area contributed by atoms with Crippen LogP contribution in [0.3, 0.4) is 0 Å². The molecule has 4 aliphatic rings. The normalized spacial score (nSPS) is 24.6. The molecule has 168 valence electrons. The van der Waals surface area contributed by atoms with Gasteiger partial charge in [-0.1, -0.05) is 54.7 Å². The van der Waals surface area contributed by atoms with Crippen LogP contribution in [-0.2, 0) is 11.2 Å². The van der Waals surface area contributed by atoms with E-state index in [2.05, 4.69) is 75.8 Å². The Morgan fingerprint density at radius 2 is 2.03 bits per heavy atom. The number of benzene rings is 1. The van der Waals surface area contributed by atoms with E-state index in [-0.39, 0.29) is 5.91 Å². The third-order valence-electron chi connectivity index (χ3n) is 7.42. The van der Waals surface area contributed by atoms with Gasteiger partial charge in [-0.25, -0.2) is 0 Å². The number of carbonyl (C=O) groups excluding carboxylic acids is 1. The van der Waals surface area contributed by atoms with Gasteiger partial charge in [-0.15, -0.1) is 0 Å². The predicted molar refractivity (Wildman–Crippen MR) is 132 cm³/mol. The highest BCUT2D eigenvalue weighted by Crippen LogP contribution is 2.32. The number of carbonyl (C=O) groups is 1. The molecule has 4 nitrogen and oxygen atoms in total. The fourth-order valence-corrected chi connectivity index (χ4v) is 5.64. The number of anilines is 1. The van der Waals surface area contributed by atoms with Crippen LogP contribution in [0.5, 0.6) is 0 Å². The lowest BCUT2D eigenvalue weighted by Crippen LogP contribution is -2.55. The van der Waals surface area contributed by atoms with Gasteiger partial charge < -0.3 is 10.2 Å². The lowest BCUT2D eigenvalue weighted by molar-refractivity contribution is -0.117. The van der Waals surface area contributed by atoms with Gasteiger partial charge in [0.2, 0.25) is 5.91 Å². The molecular formula is C28H35N3O. The minimum Gasteiger partial charge on any atom is -0.366 e. The fourth-order valence-electron chi connectivity index (χ4n) is 5.64. The van der Waals surface area contributed by atoms with Crippen LogP contribution in [0.1, 0.15) is 37.7 Å². The zero-order valence-electron chi connectivity index (χ0n) is 19.0. The van der Waals surface area contributed by atoms with Gasteiger partial charge in [0.25, 0.3) is 0 Å². The third kappa shape index (κ3) is 4.75. The van der Waals surface area contributed by atoms with E-state index >= 15 is 0 Å². The van der Waals surface area contributed by atoms with Crippen molar-refractivity contribution in [1.29, 1.82) is 0 Å². The summed E-state index contributed by atoms with van der Waals surface area (Å²) in [7, 11) is 0. The summed E-state index contributed by atoms with van der Waals surface area (Å²) in [6.45, 7) is 5.35. The molecule has 1 amide bonds. The van der Waals surface area contributed by atoms with Gasteiger partial charge in [0.15, 0.2) is 0 Å². The Morgan fingerprint density at radius 1 is 1.09 bits per heavy atom. The monoisotopic (exact) mass is 429 g/mol. The zero-order chi connectivity index (χ0) is 21.8. The molecule has 1 N–H and O–H groups in total. The van der Waals surface area contributed by atoms with Gasteiger partial charge >= 0.3 is 0 Å². The van der Waals surface area contributed by atoms with Crippen molar-refractivity contribution in [3.05, 3.63) is 77.4 Å². The van der Waals surface area contributed by atoms with Crippen molar-refractivity contribution in [1.82, 2.24) is 10.2 Å². The Balaban J connectivity index is 1.02. The van der Waals surface area contributed by atoms with Crippen LogP contribution in [0, 0.1) is 5.92 Å². The molecule has 2 unspecified atom stereocenters. The maximum atomic E-state index is 12.7. The summed E-state index contributed by atoms with van der Waals surface area (Å²) >= 11 is 0. The van der Waals surface area contributed by atoms with E-state index in [1.54, 1.807) is 0 Å². The average Bonchev–Trinajstić information content (AvgIpc) is 3.06.